The van der Waals surface area contributed by atoms with Gasteiger partial charge in [-0.3, -0.25) is 0 Å². The predicted molar refractivity (Wildman–Crippen MR) is 101 cm³/mol. The third-order valence-electron chi connectivity index (χ3n) is 3.32. The second-order valence-electron chi connectivity index (χ2n) is 4.99. The molecule has 1 heterocycles. The third kappa shape index (κ3) is 4.40. The number of methoxy groups -OCH3 is 1. The maximum absolute atomic E-state index is 12.3. The number of nitrogens with two attached hydrogens (primary N) is 1. The first-order valence-electron chi connectivity index (χ1n) is 7.96. The highest BCUT2D eigenvalue weighted by molar-refractivity contribution is 7.20. The quantitative estimate of drug-likeness (QED) is 0.587. The molecule has 0 atom stereocenters. The number of hydrogen-bond acceptors (Lipinski definition) is 8. The Hall–Kier alpha value is -2.87. The minimum absolute atomic E-state index is 0.00261. The number of carbonyl (C=O) groups excluding carboxylic acids is 2. The van der Waals surface area contributed by atoms with Gasteiger partial charge in [0.05, 0.1) is 20.3 Å². The van der Waals surface area contributed by atoms with E-state index in [1.165, 1.54) is 0 Å². The van der Waals surface area contributed by atoms with Gasteiger partial charge in [-0.2, -0.15) is 0 Å². The van der Waals surface area contributed by atoms with Crippen LogP contribution in [-0.4, -0.2) is 38.5 Å². The van der Waals surface area contributed by atoms with Gasteiger partial charge in [-0.1, -0.05) is 11.3 Å². The molecule has 1 aromatic carbocycles. The molecule has 2 aromatic rings. The summed E-state index contributed by atoms with van der Waals surface area (Å²) in [5.74, 6) is -0.611. The van der Waals surface area contributed by atoms with Crippen LogP contribution < -0.4 is 10.5 Å². The molecular weight excluding hydrogens is 356 g/mol. The van der Waals surface area contributed by atoms with Crippen molar-refractivity contribution in [2.45, 2.75) is 13.8 Å². The summed E-state index contributed by atoms with van der Waals surface area (Å²) in [6.07, 6.45) is 1.57. The van der Waals surface area contributed by atoms with Crippen LogP contribution in [0.5, 0.6) is 5.75 Å². The number of anilines is 1. The van der Waals surface area contributed by atoms with E-state index in [-0.39, 0.29) is 29.3 Å². The van der Waals surface area contributed by atoms with Crippen LogP contribution in [-0.2, 0) is 9.47 Å². The molecule has 2 N–H and O–H groups in total. The van der Waals surface area contributed by atoms with Gasteiger partial charge in [-0.05, 0) is 43.7 Å². The van der Waals surface area contributed by atoms with Gasteiger partial charge in [0, 0.05) is 6.21 Å². The van der Waals surface area contributed by atoms with Crippen molar-refractivity contribution in [2.75, 3.05) is 26.1 Å². The van der Waals surface area contributed by atoms with Crippen molar-refractivity contribution < 1.29 is 23.8 Å². The maximum atomic E-state index is 12.3. The average molecular weight is 376 g/mol. The Labute approximate surface area is 155 Å². The summed E-state index contributed by atoms with van der Waals surface area (Å²) >= 11 is 1.03. The lowest BCUT2D eigenvalue weighted by atomic mass is 10.1. The molecule has 138 valence electrons. The van der Waals surface area contributed by atoms with Crippen molar-refractivity contribution in [1.82, 2.24) is 0 Å². The van der Waals surface area contributed by atoms with Crippen LogP contribution in [0.3, 0.4) is 0 Å². The topological polar surface area (TPSA) is 100 Å². The molecule has 0 aliphatic rings. The molecule has 0 radical (unpaired) electrons. The highest BCUT2D eigenvalue weighted by atomic mass is 32.1. The number of ether oxygens (including phenoxy) is 3. The highest BCUT2D eigenvalue weighted by Crippen LogP contribution is 2.38. The van der Waals surface area contributed by atoms with E-state index < -0.39 is 11.9 Å². The standard InChI is InChI=1S/C18H20N2O5S/c1-4-24-17(21)13-14(18(22)25-5-2)16(26-15(13)19)20-10-11-6-8-12(23-3)9-7-11/h6-10H,4-5,19H2,1-3H3. The van der Waals surface area contributed by atoms with E-state index >= 15 is 0 Å². The van der Waals surface area contributed by atoms with Crippen molar-refractivity contribution in [2.24, 2.45) is 4.99 Å². The lowest BCUT2D eigenvalue weighted by Crippen LogP contribution is -2.13. The van der Waals surface area contributed by atoms with E-state index in [4.69, 9.17) is 19.9 Å². The Morgan fingerprint density at radius 2 is 1.65 bits per heavy atom. The Morgan fingerprint density at radius 1 is 1.08 bits per heavy atom. The molecule has 2 rings (SSSR count). The number of carbonyl (C=O) groups is 2. The zero-order valence-electron chi connectivity index (χ0n) is 14.8. The van der Waals surface area contributed by atoms with Crippen LogP contribution in [0.1, 0.15) is 40.1 Å². The molecule has 7 nitrogen and oxygen atoms in total. The first kappa shape index (κ1) is 19.5. The monoisotopic (exact) mass is 376 g/mol. The first-order valence-corrected chi connectivity index (χ1v) is 8.78. The van der Waals surface area contributed by atoms with Gasteiger partial charge in [-0.15, -0.1) is 0 Å². The number of hydrogen-bond donors (Lipinski definition) is 1. The minimum Gasteiger partial charge on any atom is -0.497 e. The van der Waals surface area contributed by atoms with Crippen LogP contribution in [0.15, 0.2) is 29.3 Å². The summed E-state index contributed by atoms with van der Waals surface area (Å²) in [6.45, 7) is 3.69. The van der Waals surface area contributed by atoms with E-state index in [1.54, 1.807) is 39.3 Å². The van der Waals surface area contributed by atoms with Gasteiger partial charge >= 0.3 is 11.9 Å². The lowest BCUT2D eigenvalue weighted by Gasteiger charge is -2.05. The van der Waals surface area contributed by atoms with Crippen LogP contribution in [0.25, 0.3) is 0 Å². The van der Waals surface area contributed by atoms with Gasteiger partial charge in [0.1, 0.15) is 26.9 Å². The van der Waals surface area contributed by atoms with E-state index in [1.807, 2.05) is 12.1 Å². The second-order valence-corrected chi connectivity index (χ2v) is 6.02. The Bertz CT molecular complexity index is 812. The highest BCUT2D eigenvalue weighted by Gasteiger charge is 2.29. The first-order chi connectivity index (χ1) is 12.5. The summed E-state index contributed by atoms with van der Waals surface area (Å²) in [7, 11) is 1.58. The Morgan fingerprint density at radius 3 is 2.19 bits per heavy atom. The van der Waals surface area contributed by atoms with E-state index in [0.29, 0.717) is 5.00 Å². The summed E-state index contributed by atoms with van der Waals surface area (Å²) in [6, 6.07) is 7.21. The van der Waals surface area contributed by atoms with Gasteiger partial charge in [0.15, 0.2) is 0 Å². The van der Waals surface area contributed by atoms with Crippen LogP contribution >= 0.6 is 11.3 Å². The van der Waals surface area contributed by atoms with Gasteiger partial charge in [0.25, 0.3) is 0 Å². The van der Waals surface area contributed by atoms with E-state index in [2.05, 4.69) is 4.99 Å². The Kier molecular flexibility index (Phi) is 6.74. The fourth-order valence-electron chi connectivity index (χ4n) is 2.15. The SMILES string of the molecule is CCOC(=O)c1c(N)sc(N=Cc2ccc(OC)cc2)c1C(=O)OCC. The van der Waals surface area contributed by atoms with E-state index in [9.17, 15) is 9.59 Å². The van der Waals surface area contributed by atoms with Gasteiger partial charge < -0.3 is 19.9 Å². The minimum atomic E-state index is -0.671. The molecule has 0 saturated heterocycles. The lowest BCUT2D eigenvalue weighted by molar-refractivity contribution is 0.0481. The fraction of sp³-hybridized carbons (Fsp3) is 0.278. The van der Waals surface area contributed by atoms with Gasteiger partial charge in [0.2, 0.25) is 0 Å². The number of benzene rings is 1. The van der Waals surface area contributed by atoms with Crippen molar-refractivity contribution in [3.63, 3.8) is 0 Å². The van der Waals surface area contributed by atoms with Crippen LogP contribution in [0.4, 0.5) is 10.0 Å². The molecule has 0 aliphatic carbocycles. The third-order valence-corrected chi connectivity index (χ3v) is 4.25. The normalized spacial score (nSPS) is 10.7. The molecule has 0 spiro atoms. The average Bonchev–Trinajstić information content (AvgIpc) is 2.97. The molecule has 1 aromatic heterocycles. The molecule has 0 amide bonds. The van der Waals surface area contributed by atoms with Crippen LogP contribution in [0, 0.1) is 0 Å². The summed E-state index contributed by atoms with van der Waals surface area (Å²) in [5, 5.41) is 0.452. The number of rotatable bonds is 7. The zero-order chi connectivity index (χ0) is 19.1. The van der Waals surface area contributed by atoms with Gasteiger partial charge in [-0.25, -0.2) is 14.6 Å². The molecule has 26 heavy (non-hydrogen) atoms. The van der Waals surface area contributed by atoms with E-state index in [0.717, 1.165) is 22.6 Å². The second kappa shape index (κ2) is 9.00. The van der Waals surface area contributed by atoms with Crippen molar-refractivity contribution in [3.8, 4) is 5.75 Å². The maximum Gasteiger partial charge on any atom is 0.342 e. The number of nitrogen functional groups attached to an aromatic ring is 1. The molecule has 0 unspecified atom stereocenters. The smallest absolute Gasteiger partial charge is 0.342 e. The van der Waals surface area contributed by atoms with Crippen LogP contribution in [0.2, 0.25) is 0 Å². The molecule has 0 bridgehead atoms. The predicted octanol–water partition coefficient (Wildman–Crippen LogP) is 3.44. The largest absolute Gasteiger partial charge is 0.497 e. The number of esters is 2. The van der Waals surface area contributed by atoms with Crippen molar-refractivity contribution in [1.29, 1.82) is 0 Å². The molecule has 8 heteroatoms. The molecule has 0 aliphatic heterocycles. The Balaban J connectivity index is 2.42. The molecular formula is C18H20N2O5S. The summed E-state index contributed by atoms with van der Waals surface area (Å²) < 4.78 is 15.1. The number of thiophene rings is 1. The van der Waals surface area contributed by atoms with Crippen molar-refractivity contribution >= 4 is 39.5 Å². The molecule has 0 saturated carbocycles. The summed E-state index contributed by atoms with van der Waals surface area (Å²) in [4.78, 5) is 28.8. The summed E-state index contributed by atoms with van der Waals surface area (Å²) in [5.41, 5.74) is 6.75. The van der Waals surface area contributed by atoms with Crippen molar-refractivity contribution in [3.05, 3.63) is 41.0 Å². The fourth-order valence-corrected chi connectivity index (χ4v) is 3.04. The number of aliphatic imine (C=N–C) groups is 1. The number of nitrogens with zero attached hydrogens (tertiary/aromatic N) is 1. The zero-order valence-corrected chi connectivity index (χ0v) is 15.6. The molecule has 0 fully saturated rings.